The summed E-state index contributed by atoms with van der Waals surface area (Å²) in [5.41, 5.74) is 4.67. The third-order valence-corrected chi connectivity index (χ3v) is 5.19. The van der Waals surface area contributed by atoms with Crippen LogP contribution in [0.3, 0.4) is 0 Å². The molecule has 37 heavy (non-hydrogen) atoms. The Morgan fingerprint density at radius 1 is 0.838 bits per heavy atom. The maximum atomic E-state index is 12.6. The lowest BCUT2D eigenvalue weighted by molar-refractivity contribution is -0.123. The van der Waals surface area contributed by atoms with Crippen molar-refractivity contribution in [3.63, 3.8) is 0 Å². The molecule has 0 aliphatic heterocycles. The molecular weight excluding hydrogens is 472 g/mol. The number of carbonyl (C=O) groups excluding carboxylic acids is 2. The average molecular weight is 505 g/mol. The Kier molecular flexibility index (Phi) is 10.1. The van der Waals surface area contributed by atoms with Gasteiger partial charge in [0.05, 0.1) is 25.0 Å². The molecule has 1 N–H and O–H groups in total. The quantitative estimate of drug-likeness (QED) is 0.155. The monoisotopic (exact) mass is 504 g/mol. The highest BCUT2D eigenvalue weighted by Gasteiger charge is 2.13. The summed E-state index contributed by atoms with van der Waals surface area (Å²) >= 11 is 0. The molecule has 0 unspecified atom stereocenters. The first-order valence-corrected chi connectivity index (χ1v) is 12.2. The molecular formula is C29H32N2O6. The summed E-state index contributed by atoms with van der Waals surface area (Å²) in [6.45, 7) is 8.70. The highest BCUT2D eigenvalue weighted by atomic mass is 16.6. The summed E-state index contributed by atoms with van der Waals surface area (Å²) in [5, 5.41) is 3.97. The Labute approximate surface area is 217 Å². The second-order valence-electron chi connectivity index (χ2n) is 8.29. The van der Waals surface area contributed by atoms with Crippen molar-refractivity contribution < 1.29 is 28.5 Å². The zero-order valence-electron chi connectivity index (χ0n) is 21.5. The molecule has 194 valence electrons. The molecule has 3 aromatic carbocycles. The van der Waals surface area contributed by atoms with Crippen molar-refractivity contribution in [2.45, 2.75) is 33.6 Å². The van der Waals surface area contributed by atoms with Gasteiger partial charge in [0.25, 0.3) is 5.91 Å². The van der Waals surface area contributed by atoms with E-state index in [0.29, 0.717) is 47.5 Å². The lowest BCUT2D eigenvalue weighted by Gasteiger charge is -2.11. The third kappa shape index (κ3) is 8.38. The average Bonchev–Trinajstić information content (AvgIpc) is 2.90. The molecule has 0 fully saturated rings. The summed E-state index contributed by atoms with van der Waals surface area (Å²) < 4.78 is 22.1. The standard InChI is InChI=1S/C29H32N2O6/c1-5-34-24-14-10-23(11-15-24)29(33)37-26-16-7-21(17-27(26)35-6-2)18-30-31-28(32)19-36-25-12-8-22(9-13-25)20(3)4/h7-18,20H,5-6,19H2,1-4H3,(H,31,32). The van der Waals surface area contributed by atoms with Gasteiger partial charge >= 0.3 is 5.97 Å². The van der Waals surface area contributed by atoms with Crippen LogP contribution in [0.2, 0.25) is 0 Å². The van der Waals surface area contributed by atoms with Gasteiger partial charge in [-0.15, -0.1) is 0 Å². The summed E-state index contributed by atoms with van der Waals surface area (Å²) in [6, 6.07) is 19.3. The van der Waals surface area contributed by atoms with Gasteiger partial charge in [0, 0.05) is 0 Å². The molecule has 3 rings (SSSR count). The molecule has 0 saturated carbocycles. The van der Waals surface area contributed by atoms with E-state index in [9.17, 15) is 9.59 Å². The Morgan fingerprint density at radius 3 is 2.14 bits per heavy atom. The van der Waals surface area contributed by atoms with Gasteiger partial charge in [-0.3, -0.25) is 4.79 Å². The molecule has 3 aromatic rings. The Bertz CT molecular complexity index is 1200. The number of hydrogen-bond donors (Lipinski definition) is 1. The first-order chi connectivity index (χ1) is 17.9. The van der Waals surface area contributed by atoms with Crippen LogP contribution >= 0.6 is 0 Å². The van der Waals surface area contributed by atoms with Crippen LogP contribution in [0.4, 0.5) is 0 Å². The van der Waals surface area contributed by atoms with Crippen molar-refractivity contribution in [1.82, 2.24) is 5.43 Å². The summed E-state index contributed by atoms with van der Waals surface area (Å²) in [7, 11) is 0. The Morgan fingerprint density at radius 2 is 1.49 bits per heavy atom. The second kappa shape index (κ2) is 13.7. The number of rotatable bonds is 12. The summed E-state index contributed by atoms with van der Waals surface area (Å²) in [4.78, 5) is 24.7. The SMILES string of the molecule is CCOc1ccc(C(=O)Oc2ccc(C=NNC(=O)COc3ccc(C(C)C)cc3)cc2OCC)cc1. The summed E-state index contributed by atoms with van der Waals surface area (Å²) in [6.07, 6.45) is 1.47. The first-order valence-electron chi connectivity index (χ1n) is 12.2. The van der Waals surface area contributed by atoms with Crippen LogP contribution in [-0.4, -0.2) is 37.9 Å². The van der Waals surface area contributed by atoms with Crippen LogP contribution in [-0.2, 0) is 4.79 Å². The second-order valence-corrected chi connectivity index (χ2v) is 8.29. The minimum absolute atomic E-state index is 0.164. The number of hydrogen-bond acceptors (Lipinski definition) is 7. The van der Waals surface area contributed by atoms with E-state index in [0.717, 1.165) is 0 Å². The smallest absolute Gasteiger partial charge is 0.343 e. The molecule has 0 heterocycles. The lowest BCUT2D eigenvalue weighted by atomic mass is 10.0. The lowest BCUT2D eigenvalue weighted by Crippen LogP contribution is -2.24. The van der Waals surface area contributed by atoms with Gasteiger partial charge in [-0.2, -0.15) is 5.10 Å². The Balaban J connectivity index is 1.56. The molecule has 8 heteroatoms. The molecule has 8 nitrogen and oxygen atoms in total. The predicted molar refractivity (Wildman–Crippen MR) is 142 cm³/mol. The number of benzene rings is 3. The minimum atomic E-state index is -0.517. The molecule has 0 saturated heterocycles. The molecule has 0 aromatic heterocycles. The van der Waals surface area contributed by atoms with Gasteiger partial charge in [0.1, 0.15) is 11.5 Å². The van der Waals surface area contributed by atoms with E-state index in [-0.39, 0.29) is 12.4 Å². The van der Waals surface area contributed by atoms with Crippen molar-refractivity contribution >= 4 is 18.1 Å². The van der Waals surface area contributed by atoms with Crippen LogP contribution in [0.25, 0.3) is 0 Å². The number of ether oxygens (including phenoxy) is 4. The van der Waals surface area contributed by atoms with E-state index >= 15 is 0 Å². The molecule has 0 bridgehead atoms. The van der Waals surface area contributed by atoms with Crippen molar-refractivity contribution in [3.05, 3.63) is 83.4 Å². The van der Waals surface area contributed by atoms with Crippen LogP contribution < -0.4 is 24.4 Å². The number of amides is 1. The van der Waals surface area contributed by atoms with E-state index < -0.39 is 11.9 Å². The molecule has 0 atom stereocenters. The number of nitrogens with one attached hydrogen (secondary N) is 1. The topological polar surface area (TPSA) is 95.5 Å². The normalized spacial score (nSPS) is 10.8. The minimum Gasteiger partial charge on any atom is -0.494 e. The molecule has 0 spiro atoms. The zero-order chi connectivity index (χ0) is 26.6. The maximum Gasteiger partial charge on any atom is 0.343 e. The molecule has 0 aliphatic carbocycles. The van der Waals surface area contributed by atoms with Gasteiger partial charge in [-0.05, 0) is 85.5 Å². The maximum absolute atomic E-state index is 12.6. The van der Waals surface area contributed by atoms with E-state index in [1.807, 2.05) is 38.1 Å². The van der Waals surface area contributed by atoms with E-state index in [1.165, 1.54) is 11.8 Å². The number of hydrazone groups is 1. The largest absolute Gasteiger partial charge is 0.494 e. The predicted octanol–water partition coefficient (Wildman–Crippen LogP) is 5.36. The highest BCUT2D eigenvalue weighted by molar-refractivity contribution is 5.92. The van der Waals surface area contributed by atoms with Gasteiger partial charge in [0.15, 0.2) is 18.1 Å². The fourth-order valence-electron chi connectivity index (χ4n) is 3.28. The van der Waals surface area contributed by atoms with Gasteiger partial charge in [-0.1, -0.05) is 26.0 Å². The number of carbonyl (C=O) groups is 2. The van der Waals surface area contributed by atoms with Gasteiger partial charge in [0.2, 0.25) is 0 Å². The van der Waals surface area contributed by atoms with Crippen LogP contribution in [0, 0.1) is 0 Å². The van der Waals surface area contributed by atoms with E-state index in [4.69, 9.17) is 18.9 Å². The van der Waals surface area contributed by atoms with Gasteiger partial charge < -0.3 is 18.9 Å². The van der Waals surface area contributed by atoms with Crippen LogP contribution in [0.15, 0.2) is 71.8 Å². The molecule has 0 aliphatic rings. The number of nitrogens with zero attached hydrogens (tertiary/aromatic N) is 1. The summed E-state index contributed by atoms with van der Waals surface area (Å²) in [5.74, 6) is 1.46. The fraction of sp³-hybridized carbons (Fsp3) is 0.276. The van der Waals surface area contributed by atoms with E-state index in [1.54, 1.807) is 42.5 Å². The van der Waals surface area contributed by atoms with Crippen molar-refractivity contribution in [2.75, 3.05) is 19.8 Å². The van der Waals surface area contributed by atoms with Crippen LogP contribution in [0.1, 0.15) is 55.1 Å². The van der Waals surface area contributed by atoms with Crippen LogP contribution in [0.5, 0.6) is 23.0 Å². The van der Waals surface area contributed by atoms with Crippen molar-refractivity contribution in [3.8, 4) is 23.0 Å². The highest BCUT2D eigenvalue weighted by Crippen LogP contribution is 2.29. The third-order valence-electron chi connectivity index (χ3n) is 5.19. The van der Waals surface area contributed by atoms with E-state index in [2.05, 4.69) is 24.4 Å². The fourth-order valence-corrected chi connectivity index (χ4v) is 3.28. The number of esters is 1. The van der Waals surface area contributed by atoms with Gasteiger partial charge in [-0.25, -0.2) is 10.2 Å². The first kappa shape index (κ1) is 27.3. The zero-order valence-corrected chi connectivity index (χ0v) is 21.5. The van der Waals surface area contributed by atoms with Crippen molar-refractivity contribution in [2.24, 2.45) is 5.10 Å². The molecule has 0 radical (unpaired) electrons. The Hall–Kier alpha value is -4.33. The molecule has 1 amide bonds. The van der Waals surface area contributed by atoms with Crippen molar-refractivity contribution in [1.29, 1.82) is 0 Å².